The first-order valence-electron chi connectivity index (χ1n) is 5.22. The number of nitrogens with two attached hydrogens (primary N) is 1. The molecule has 0 bridgehead atoms. The molecule has 0 aliphatic heterocycles. The molecule has 0 aliphatic rings. The van der Waals surface area contributed by atoms with Crippen molar-refractivity contribution in [1.82, 2.24) is 14.8 Å². The Labute approximate surface area is 113 Å². The van der Waals surface area contributed by atoms with Gasteiger partial charge in [-0.3, -0.25) is 10.1 Å². The second kappa shape index (κ2) is 4.77. The fourth-order valence-electron chi connectivity index (χ4n) is 1.46. The van der Waals surface area contributed by atoms with Gasteiger partial charge in [0.05, 0.1) is 10.6 Å². The van der Waals surface area contributed by atoms with E-state index in [-0.39, 0.29) is 22.2 Å². The standard InChI is InChI=1S/C9H10N6O4S/c1-14-9(11-5-12-14)13-20(18,19)8-3-2-6(15(16)17)4-7(8)10/h2-5H,10H2,1H3,(H,11,12,13). The molecule has 1 aromatic carbocycles. The van der Waals surface area contributed by atoms with E-state index in [0.29, 0.717) is 0 Å². The van der Waals surface area contributed by atoms with Crippen LogP contribution in [0.3, 0.4) is 0 Å². The number of non-ortho nitro benzene ring substituents is 1. The number of nitrogens with one attached hydrogen (secondary N) is 1. The lowest BCUT2D eigenvalue weighted by molar-refractivity contribution is -0.384. The molecule has 0 aliphatic carbocycles. The molecule has 3 N–H and O–H groups in total. The lowest BCUT2D eigenvalue weighted by atomic mass is 10.3. The molecule has 1 heterocycles. The van der Waals surface area contributed by atoms with E-state index in [1.165, 1.54) is 18.1 Å². The number of rotatable bonds is 4. The van der Waals surface area contributed by atoms with Crippen LogP contribution in [-0.4, -0.2) is 28.1 Å². The summed E-state index contributed by atoms with van der Waals surface area (Å²) < 4.78 is 27.6. The van der Waals surface area contributed by atoms with Gasteiger partial charge >= 0.3 is 0 Å². The summed E-state index contributed by atoms with van der Waals surface area (Å²) in [6.07, 6.45) is 1.18. The maximum absolute atomic E-state index is 12.1. The summed E-state index contributed by atoms with van der Waals surface area (Å²) >= 11 is 0. The summed E-state index contributed by atoms with van der Waals surface area (Å²) in [4.78, 5) is 13.4. The van der Waals surface area contributed by atoms with Gasteiger partial charge in [-0.1, -0.05) is 0 Å². The van der Waals surface area contributed by atoms with Gasteiger partial charge in [0.2, 0.25) is 5.95 Å². The molecule has 106 valence electrons. The molecule has 11 heteroatoms. The lowest BCUT2D eigenvalue weighted by Gasteiger charge is -2.08. The van der Waals surface area contributed by atoms with Crippen molar-refractivity contribution >= 4 is 27.3 Å². The van der Waals surface area contributed by atoms with Crippen LogP contribution in [-0.2, 0) is 17.1 Å². The van der Waals surface area contributed by atoms with Gasteiger partial charge < -0.3 is 5.73 Å². The molecule has 0 amide bonds. The van der Waals surface area contributed by atoms with Gasteiger partial charge in [-0.25, -0.2) is 17.8 Å². The fourth-order valence-corrected chi connectivity index (χ4v) is 2.61. The van der Waals surface area contributed by atoms with Crippen molar-refractivity contribution in [2.75, 3.05) is 10.5 Å². The van der Waals surface area contributed by atoms with E-state index in [1.54, 1.807) is 0 Å². The van der Waals surface area contributed by atoms with Gasteiger partial charge in [-0.2, -0.15) is 10.1 Å². The largest absolute Gasteiger partial charge is 0.397 e. The van der Waals surface area contributed by atoms with Crippen molar-refractivity contribution in [2.24, 2.45) is 7.05 Å². The maximum Gasteiger partial charge on any atom is 0.271 e. The predicted molar refractivity (Wildman–Crippen MR) is 69.3 cm³/mol. The van der Waals surface area contributed by atoms with Crippen LogP contribution in [0.15, 0.2) is 29.4 Å². The van der Waals surface area contributed by atoms with Crippen LogP contribution < -0.4 is 10.5 Å². The molecule has 20 heavy (non-hydrogen) atoms. The molecule has 0 unspecified atom stereocenters. The minimum absolute atomic E-state index is 0.00255. The molecule has 0 fully saturated rings. The van der Waals surface area contributed by atoms with Crippen molar-refractivity contribution in [3.8, 4) is 0 Å². The van der Waals surface area contributed by atoms with E-state index in [0.717, 1.165) is 18.2 Å². The van der Waals surface area contributed by atoms with Gasteiger partial charge in [-0.05, 0) is 6.07 Å². The first-order chi connectivity index (χ1) is 9.31. The number of hydrogen-bond acceptors (Lipinski definition) is 7. The van der Waals surface area contributed by atoms with Crippen LogP contribution in [0, 0.1) is 10.1 Å². The Kier molecular flexibility index (Phi) is 3.28. The fraction of sp³-hybridized carbons (Fsp3) is 0.111. The molecule has 0 saturated carbocycles. The lowest BCUT2D eigenvalue weighted by Crippen LogP contribution is -2.17. The highest BCUT2D eigenvalue weighted by atomic mass is 32.2. The molecule has 0 spiro atoms. The number of nitrogens with zero attached hydrogens (tertiary/aromatic N) is 4. The normalized spacial score (nSPS) is 11.2. The van der Waals surface area contributed by atoms with Crippen LogP contribution in [0.25, 0.3) is 0 Å². The summed E-state index contributed by atoms with van der Waals surface area (Å²) in [6, 6.07) is 3.10. The molecule has 0 atom stereocenters. The summed E-state index contributed by atoms with van der Waals surface area (Å²) in [7, 11) is -2.50. The number of nitro benzene ring substituents is 1. The van der Waals surface area contributed by atoms with Gasteiger partial charge in [0, 0.05) is 19.2 Å². The molecular weight excluding hydrogens is 288 g/mol. The van der Waals surface area contributed by atoms with Crippen LogP contribution in [0.1, 0.15) is 0 Å². The van der Waals surface area contributed by atoms with Crippen LogP contribution >= 0.6 is 0 Å². The predicted octanol–water partition coefficient (Wildman–Crippen LogP) is 0.106. The SMILES string of the molecule is Cn1ncnc1NS(=O)(=O)c1ccc([N+](=O)[O-])cc1N. The second-order valence-corrected chi connectivity index (χ2v) is 5.44. The van der Waals surface area contributed by atoms with E-state index < -0.39 is 14.9 Å². The number of aryl methyl sites for hydroxylation is 1. The first kappa shape index (κ1) is 13.7. The third-order valence-corrected chi connectivity index (χ3v) is 3.83. The molecule has 2 aromatic rings. The Morgan fingerprint density at radius 1 is 1.45 bits per heavy atom. The number of hydrogen-bond donors (Lipinski definition) is 2. The quantitative estimate of drug-likeness (QED) is 0.462. The minimum atomic E-state index is -4.00. The summed E-state index contributed by atoms with van der Waals surface area (Å²) in [5.74, 6) is 0.00255. The van der Waals surface area contributed by atoms with Crippen molar-refractivity contribution < 1.29 is 13.3 Å². The summed E-state index contributed by atoms with van der Waals surface area (Å²) in [6.45, 7) is 0. The van der Waals surface area contributed by atoms with Crippen molar-refractivity contribution in [3.63, 3.8) is 0 Å². The minimum Gasteiger partial charge on any atom is -0.397 e. The molecule has 0 radical (unpaired) electrons. The van der Waals surface area contributed by atoms with Gasteiger partial charge in [0.25, 0.3) is 15.7 Å². The van der Waals surface area contributed by atoms with Crippen molar-refractivity contribution in [2.45, 2.75) is 4.90 Å². The van der Waals surface area contributed by atoms with E-state index >= 15 is 0 Å². The monoisotopic (exact) mass is 298 g/mol. The van der Waals surface area contributed by atoms with E-state index in [9.17, 15) is 18.5 Å². The molecule has 2 rings (SSSR count). The maximum atomic E-state index is 12.1. The highest BCUT2D eigenvalue weighted by Gasteiger charge is 2.21. The Morgan fingerprint density at radius 3 is 2.65 bits per heavy atom. The Bertz CT molecular complexity index is 768. The van der Waals surface area contributed by atoms with E-state index in [2.05, 4.69) is 14.8 Å². The zero-order valence-electron chi connectivity index (χ0n) is 10.2. The molecule has 10 nitrogen and oxygen atoms in total. The second-order valence-electron chi connectivity index (χ2n) is 3.79. The number of aromatic nitrogens is 3. The van der Waals surface area contributed by atoms with Crippen LogP contribution in [0.4, 0.5) is 17.3 Å². The number of nitro groups is 1. The summed E-state index contributed by atoms with van der Waals surface area (Å²) in [5, 5.41) is 14.3. The smallest absolute Gasteiger partial charge is 0.271 e. The van der Waals surface area contributed by atoms with Crippen LogP contribution in [0.2, 0.25) is 0 Å². The first-order valence-corrected chi connectivity index (χ1v) is 6.70. The summed E-state index contributed by atoms with van der Waals surface area (Å²) in [5.41, 5.74) is 5.03. The zero-order valence-corrected chi connectivity index (χ0v) is 11.0. The Morgan fingerprint density at radius 2 is 2.15 bits per heavy atom. The highest BCUT2D eigenvalue weighted by Crippen LogP contribution is 2.25. The topological polar surface area (TPSA) is 146 Å². The number of sulfonamides is 1. The Hall–Kier alpha value is -2.69. The zero-order chi connectivity index (χ0) is 14.9. The molecule has 1 aromatic heterocycles. The number of benzene rings is 1. The van der Waals surface area contributed by atoms with Gasteiger partial charge in [-0.15, -0.1) is 0 Å². The third kappa shape index (κ3) is 2.51. The molecule has 0 saturated heterocycles. The van der Waals surface area contributed by atoms with E-state index in [4.69, 9.17) is 5.73 Å². The van der Waals surface area contributed by atoms with Gasteiger partial charge in [0.15, 0.2) is 0 Å². The highest BCUT2D eigenvalue weighted by molar-refractivity contribution is 7.92. The van der Waals surface area contributed by atoms with Crippen molar-refractivity contribution in [1.29, 1.82) is 0 Å². The average molecular weight is 298 g/mol. The average Bonchev–Trinajstić information content (AvgIpc) is 2.73. The molecular formula is C9H10N6O4S. The number of nitrogen functional groups attached to an aromatic ring is 1. The van der Waals surface area contributed by atoms with Gasteiger partial charge in [0.1, 0.15) is 11.2 Å². The van der Waals surface area contributed by atoms with Crippen LogP contribution in [0.5, 0.6) is 0 Å². The third-order valence-electron chi connectivity index (χ3n) is 2.43. The van der Waals surface area contributed by atoms with E-state index in [1.807, 2.05) is 0 Å². The van der Waals surface area contributed by atoms with Crippen molar-refractivity contribution in [3.05, 3.63) is 34.6 Å². The Balaban J connectivity index is 2.40. The number of anilines is 2.